The molecule has 0 spiro atoms. The number of aliphatic hydroxyl groups excluding tert-OH is 1. The molecular formula is C12H12F2N2O3S. The Labute approximate surface area is 117 Å². The maximum Gasteiger partial charge on any atom is 0.276 e. The molecule has 0 radical (unpaired) electrons. The third-order valence-electron chi connectivity index (χ3n) is 2.51. The predicted octanol–water partition coefficient (Wildman–Crippen LogP) is 2.10. The molecule has 5 nitrogen and oxygen atoms in total. The lowest BCUT2D eigenvalue weighted by Crippen LogP contribution is -2.37. The van der Waals surface area contributed by atoms with Crippen LogP contribution in [0.2, 0.25) is 0 Å². The van der Waals surface area contributed by atoms with Crippen LogP contribution in [0.25, 0.3) is 10.6 Å². The number of thiophene rings is 1. The standard InChI is InChI=1S/C12H12F2N2O3S/c13-11(14)7-16(3-4-17)12(18)8-6-9(19-15-8)10-2-1-5-20-10/h1-2,5-6,11,17H,3-4,7H2. The summed E-state index contributed by atoms with van der Waals surface area (Å²) in [6, 6.07) is 5.02. The summed E-state index contributed by atoms with van der Waals surface area (Å²) in [6.45, 7) is -1.32. The zero-order valence-electron chi connectivity index (χ0n) is 10.3. The quantitative estimate of drug-likeness (QED) is 0.887. The van der Waals surface area contributed by atoms with Gasteiger partial charge in [0.25, 0.3) is 12.3 Å². The van der Waals surface area contributed by atoms with Crippen molar-refractivity contribution in [2.24, 2.45) is 0 Å². The number of amides is 1. The first-order valence-electron chi connectivity index (χ1n) is 5.80. The van der Waals surface area contributed by atoms with E-state index >= 15 is 0 Å². The van der Waals surface area contributed by atoms with Gasteiger partial charge >= 0.3 is 0 Å². The summed E-state index contributed by atoms with van der Waals surface area (Å²) in [4.78, 5) is 13.7. The first-order chi connectivity index (χ1) is 9.61. The Balaban J connectivity index is 2.15. The number of carbonyl (C=O) groups is 1. The maximum absolute atomic E-state index is 12.4. The summed E-state index contributed by atoms with van der Waals surface area (Å²) in [7, 11) is 0. The first kappa shape index (κ1) is 14.6. The van der Waals surface area contributed by atoms with E-state index in [1.807, 2.05) is 11.4 Å². The normalized spacial score (nSPS) is 11.0. The molecule has 0 atom stereocenters. The summed E-state index contributed by atoms with van der Waals surface area (Å²) < 4.78 is 29.8. The van der Waals surface area contributed by atoms with E-state index < -0.39 is 25.5 Å². The van der Waals surface area contributed by atoms with Crippen LogP contribution in [0.4, 0.5) is 8.78 Å². The average Bonchev–Trinajstić information content (AvgIpc) is 3.07. The molecule has 8 heteroatoms. The third-order valence-corrected chi connectivity index (χ3v) is 3.39. The molecule has 0 fully saturated rings. The number of nitrogens with zero attached hydrogens (tertiary/aromatic N) is 2. The van der Waals surface area contributed by atoms with Crippen LogP contribution in [0, 0.1) is 0 Å². The van der Waals surface area contributed by atoms with Crippen molar-refractivity contribution in [2.75, 3.05) is 19.7 Å². The monoisotopic (exact) mass is 302 g/mol. The van der Waals surface area contributed by atoms with Crippen molar-refractivity contribution in [3.8, 4) is 10.6 Å². The van der Waals surface area contributed by atoms with Gasteiger partial charge in [-0.15, -0.1) is 11.3 Å². The molecule has 0 bridgehead atoms. The molecule has 2 heterocycles. The Bertz CT molecular complexity index is 557. The van der Waals surface area contributed by atoms with Gasteiger partial charge in [-0.3, -0.25) is 4.79 Å². The van der Waals surface area contributed by atoms with Crippen LogP contribution in [0.1, 0.15) is 10.5 Å². The van der Waals surface area contributed by atoms with Crippen molar-refractivity contribution < 1.29 is 23.2 Å². The smallest absolute Gasteiger partial charge is 0.276 e. The Hall–Kier alpha value is -1.80. The van der Waals surface area contributed by atoms with Crippen molar-refractivity contribution in [1.29, 1.82) is 0 Å². The van der Waals surface area contributed by atoms with Gasteiger partial charge in [0.1, 0.15) is 0 Å². The number of hydrogen-bond acceptors (Lipinski definition) is 5. The molecule has 0 aliphatic carbocycles. The lowest BCUT2D eigenvalue weighted by atomic mass is 10.3. The van der Waals surface area contributed by atoms with Gasteiger partial charge in [0, 0.05) is 12.6 Å². The lowest BCUT2D eigenvalue weighted by Gasteiger charge is -2.19. The summed E-state index contributed by atoms with van der Waals surface area (Å²) in [5.41, 5.74) is -0.0532. The highest BCUT2D eigenvalue weighted by Gasteiger charge is 2.23. The largest absolute Gasteiger partial charge is 0.395 e. The average molecular weight is 302 g/mol. The fourth-order valence-electron chi connectivity index (χ4n) is 1.64. The Kier molecular flexibility index (Phi) is 4.80. The zero-order valence-corrected chi connectivity index (χ0v) is 11.1. The minimum Gasteiger partial charge on any atom is -0.395 e. The molecule has 2 aromatic heterocycles. The lowest BCUT2D eigenvalue weighted by molar-refractivity contribution is 0.0501. The molecule has 1 amide bonds. The SMILES string of the molecule is O=C(c1cc(-c2cccs2)on1)N(CCO)CC(F)F. The van der Waals surface area contributed by atoms with Crippen LogP contribution in [-0.2, 0) is 0 Å². The number of alkyl halides is 2. The maximum atomic E-state index is 12.4. The number of rotatable bonds is 6. The van der Waals surface area contributed by atoms with Gasteiger partial charge in [-0.1, -0.05) is 11.2 Å². The van der Waals surface area contributed by atoms with Crippen LogP contribution in [0.15, 0.2) is 28.1 Å². The summed E-state index contributed by atoms with van der Waals surface area (Å²) in [6.07, 6.45) is -2.67. The van der Waals surface area contributed by atoms with E-state index in [-0.39, 0.29) is 12.2 Å². The molecule has 0 saturated carbocycles. The van der Waals surface area contributed by atoms with Crippen LogP contribution in [0.5, 0.6) is 0 Å². The van der Waals surface area contributed by atoms with E-state index in [0.717, 1.165) is 9.78 Å². The Morgan fingerprint density at radius 1 is 1.55 bits per heavy atom. The number of aromatic nitrogens is 1. The van der Waals surface area contributed by atoms with Gasteiger partial charge in [-0.25, -0.2) is 8.78 Å². The minimum atomic E-state index is -2.67. The summed E-state index contributed by atoms with van der Waals surface area (Å²) >= 11 is 1.41. The molecule has 2 rings (SSSR count). The molecule has 0 saturated heterocycles. The molecule has 108 valence electrons. The van der Waals surface area contributed by atoms with Crippen LogP contribution < -0.4 is 0 Å². The van der Waals surface area contributed by atoms with E-state index in [9.17, 15) is 13.6 Å². The molecule has 20 heavy (non-hydrogen) atoms. The fraction of sp³-hybridized carbons (Fsp3) is 0.333. The van der Waals surface area contributed by atoms with Gasteiger partial charge in [0.2, 0.25) is 0 Å². The summed E-state index contributed by atoms with van der Waals surface area (Å²) in [5.74, 6) is -0.282. The zero-order chi connectivity index (χ0) is 14.5. The van der Waals surface area contributed by atoms with Crippen molar-refractivity contribution in [3.05, 3.63) is 29.3 Å². The van der Waals surface area contributed by atoms with Crippen molar-refractivity contribution >= 4 is 17.2 Å². The van der Waals surface area contributed by atoms with Gasteiger partial charge < -0.3 is 14.5 Å². The van der Waals surface area contributed by atoms with E-state index in [1.54, 1.807) is 6.07 Å². The van der Waals surface area contributed by atoms with E-state index in [1.165, 1.54) is 17.4 Å². The topological polar surface area (TPSA) is 66.6 Å². The number of aliphatic hydroxyl groups is 1. The van der Waals surface area contributed by atoms with Crippen LogP contribution >= 0.6 is 11.3 Å². The first-order valence-corrected chi connectivity index (χ1v) is 6.68. The molecule has 0 aliphatic heterocycles. The Morgan fingerprint density at radius 3 is 2.95 bits per heavy atom. The molecular weight excluding hydrogens is 290 g/mol. The molecule has 0 aliphatic rings. The molecule has 1 N–H and O–H groups in total. The highest BCUT2D eigenvalue weighted by atomic mass is 32.1. The Morgan fingerprint density at radius 2 is 2.35 bits per heavy atom. The molecule has 2 aromatic rings. The van der Waals surface area contributed by atoms with Crippen LogP contribution in [-0.4, -0.2) is 47.2 Å². The van der Waals surface area contributed by atoms with E-state index in [2.05, 4.69) is 5.16 Å². The molecule has 0 aromatic carbocycles. The molecule has 0 unspecified atom stereocenters. The highest BCUT2D eigenvalue weighted by Crippen LogP contribution is 2.25. The number of hydrogen-bond donors (Lipinski definition) is 1. The van der Waals surface area contributed by atoms with E-state index in [4.69, 9.17) is 9.63 Å². The van der Waals surface area contributed by atoms with Gasteiger partial charge in [0.15, 0.2) is 11.5 Å². The predicted molar refractivity (Wildman–Crippen MR) is 68.8 cm³/mol. The fourth-order valence-corrected chi connectivity index (χ4v) is 2.31. The summed E-state index contributed by atoms with van der Waals surface area (Å²) in [5, 5.41) is 14.3. The van der Waals surface area contributed by atoms with Crippen molar-refractivity contribution in [1.82, 2.24) is 10.1 Å². The van der Waals surface area contributed by atoms with Gasteiger partial charge in [-0.2, -0.15) is 0 Å². The second kappa shape index (κ2) is 6.58. The minimum absolute atomic E-state index is 0.0532. The van der Waals surface area contributed by atoms with E-state index in [0.29, 0.717) is 5.76 Å². The highest BCUT2D eigenvalue weighted by molar-refractivity contribution is 7.13. The van der Waals surface area contributed by atoms with Crippen molar-refractivity contribution in [2.45, 2.75) is 6.43 Å². The third kappa shape index (κ3) is 3.40. The van der Waals surface area contributed by atoms with Crippen LogP contribution in [0.3, 0.4) is 0 Å². The second-order valence-corrected chi connectivity index (χ2v) is 4.87. The number of halogens is 2. The van der Waals surface area contributed by atoms with Gasteiger partial charge in [0.05, 0.1) is 18.0 Å². The second-order valence-electron chi connectivity index (χ2n) is 3.92. The number of carbonyl (C=O) groups excluding carboxylic acids is 1. The van der Waals surface area contributed by atoms with Gasteiger partial charge in [-0.05, 0) is 11.4 Å². The van der Waals surface area contributed by atoms with Crippen molar-refractivity contribution in [3.63, 3.8) is 0 Å².